The van der Waals surface area contributed by atoms with Gasteiger partial charge in [-0.1, -0.05) is 42.5 Å². The summed E-state index contributed by atoms with van der Waals surface area (Å²) in [5.41, 5.74) is 3.82. The molecule has 0 atom stereocenters. The van der Waals surface area contributed by atoms with Crippen LogP contribution in [0.4, 0.5) is 0 Å². The first-order valence-corrected chi connectivity index (χ1v) is 12.2. The largest absolute Gasteiger partial charge is 0.489 e. The molecule has 0 amide bonds. The lowest BCUT2D eigenvalue weighted by Gasteiger charge is -2.41. The van der Waals surface area contributed by atoms with Crippen molar-refractivity contribution < 1.29 is 23.7 Å². The van der Waals surface area contributed by atoms with Crippen molar-refractivity contribution in [1.82, 2.24) is 0 Å². The molecule has 1 aliphatic heterocycles. The minimum Gasteiger partial charge on any atom is -0.489 e. The fourth-order valence-corrected chi connectivity index (χ4v) is 4.07. The molecule has 3 aromatic carbocycles. The van der Waals surface area contributed by atoms with Gasteiger partial charge in [-0.3, -0.25) is 0 Å². The molecule has 4 rings (SSSR count). The molecule has 1 aliphatic rings. The van der Waals surface area contributed by atoms with Crippen molar-refractivity contribution in [1.29, 1.82) is 0 Å². The lowest BCUT2D eigenvalue weighted by molar-refractivity contribution is -0.221. The van der Waals surface area contributed by atoms with E-state index in [-0.39, 0.29) is 12.6 Å². The molecule has 0 saturated carbocycles. The molecular formula is C27H28O5S. The summed E-state index contributed by atoms with van der Waals surface area (Å²) < 4.78 is 22.2. The highest BCUT2D eigenvalue weighted by Crippen LogP contribution is 2.35. The molecule has 0 unspecified atom stereocenters. The van der Waals surface area contributed by atoms with Crippen LogP contribution >= 0.6 is 11.8 Å². The van der Waals surface area contributed by atoms with E-state index in [0.717, 1.165) is 16.9 Å². The molecule has 0 aliphatic carbocycles. The third-order valence-corrected chi connectivity index (χ3v) is 6.32. The van der Waals surface area contributed by atoms with Gasteiger partial charge in [-0.15, -0.1) is 11.8 Å². The summed E-state index contributed by atoms with van der Waals surface area (Å²) in [7, 11) is 0. The zero-order valence-corrected chi connectivity index (χ0v) is 19.7. The van der Waals surface area contributed by atoms with Crippen LogP contribution < -0.4 is 4.74 Å². The van der Waals surface area contributed by atoms with E-state index in [9.17, 15) is 4.79 Å². The second-order valence-corrected chi connectivity index (χ2v) is 8.70. The van der Waals surface area contributed by atoms with Crippen molar-refractivity contribution in [3.8, 4) is 16.9 Å². The van der Waals surface area contributed by atoms with E-state index < -0.39 is 5.60 Å². The summed E-state index contributed by atoms with van der Waals surface area (Å²) in [4.78, 5) is 12.9. The van der Waals surface area contributed by atoms with Gasteiger partial charge in [0.2, 0.25) is 0 Å². The molecule has 1 saturated heterocycles. The summed E-state index contributed by atoms with van der Waals surface area (Å²) in [5.74, 6) is 0.403. The monoisotopic (exact) mass is 464 g/mol. The number of esters is 1. The zero-order valence-electron chi connectivity index (χ0n) is 18.9. The SMILES string of the molecule is CCOC(=O)COC1(c2ccc(OCc3cccc(-c4ccc(SC)cc4)c3)cc2)COC1. The molecule has 0 spiro atoms. The van der Waals surface area contributed by atoms with E-state index in [1.165, 1.54) is 16.0 Å². The highest BCUT2D eigenvalue weighted by Gasteiger charge is 2.42. The Labute approximate surface area is 199 Å². The van der Waals surface area contributed by atoms with Crippen molar-refractivity contribution in [2.24, 2.45) is 0 Å². The van der Waals surface area contributed by atoms with Crippen LogP contribution in [0.3, 0.4) is 0 Å². The number of carbonyl (C=O) groups excluding carboxylic acids is 1. The number of hydrogen-bond acceptors (Lipinski definition) is 6. The van der Waals surface area contributed by atoms with Crippen LogP contribution in [0.25, 0.3) is 11.1 Å². The molecule has 0 radical (unpaired) electrons. The van der Waals surface area contributed by atoms with Gasteiger partial charge in [0.05, 0.1) is 19.8 Å². The smallest absolute Gasteiger partial charge is 0.332 e. The lowest BCUT2D eigenvalue weighted by atomic mass is 9.91. The van der Waals surface area contributed by atoms with Crippen molar-refractivity contribution in [3.63, 3.8) is 0 Å². The number of ether oxygens (including phenoxy) is 4. The van der Waals surface area contributed by atoms with Gasteiger partial charge >= 0.3 is 5.97 Å². The van der Waals surface area contributed by atoms with Gasteiger partial charge in [-0.25, -0.2) is 4.79 Å². The molecule has 0 bridgehead atoms. The van der Waals surface area contributed by atoms with Crippen LogP contribution in [0.2, 0.25) is 0 Å². The Bertz CT molecular complexity index is 1060. The second kappa shape index (κ2) is 10.9. The summed E-state index contributed by atoms with van der Waals surface area (Å²) in [6, 6.07) is 24.8. The van der Waals surface area contributed by atoms with Gasteiger partial charge in [0.1, 0.15) is 24.6 Å². The summed E-state index contributed by atoms with van der Waals surface area (Å²) in [6.07, 6.45) is 2.08. The number of benzene rings is 3. The number of thioether (sulfide) groups is 1. The fraction of sp³-hybridized carbons (Fsp3) is 0.296. The fourth-order valence-electron chi connectivity index (χ4n) is 3.67. The first-order valence-electron chi connectivity index (χ1n) is 11.0. The van der Waals surface area contributed by atoms with Gasteiger partial charge in [-0.2, -0.15) is 0 Å². The number of hydrogen-bond donors (Lipinski definition) is 0. The van der Waals surface area contributed by atoms with Crippen LogP contribution in [0, 0.1) is 0 Å². The quantitative estimate of drug-likeness (QED) is 0.293. The lowest BCUT2D eigenvalue weighted by Crippen LogP contribution is -2.49. The molecule has 172 valence electrons. The van der Waals surface area contributed by atoms with Gasteiger partial charge in [0, 0.05) is 4.90 Å². The average Bonchev–Trinajstić information content (AvgIpc) is 2.83. The molecule has 3 aromatic rings. The second-order valence-electron chi connectivity index (χ2n) is 7.82. The van der Waals surface area contributed by atoms with E-state index >= 15 is 0 Å². The average molecular weight is 465 g/mol. The molecule has 0 N–H and O–H groups in total. The van der Waals surface area contributed by atoms with E-state index in [2.05, 4.69) is 54.8 Å². The predicted molar refractivity (Wildman–Crippen MR) is 130 cm³/mol. The first kappa shape index (κ1) is 23.4. The van der Waals surface area contributed by atoms with E-state index in [1.807, 2.05) is 24.3 Å². The Kier molecular flexibility index (Phi) is 7.70. The third-order valence-electron chi connectivity index (χ3n) is 5.58. The Morgan fingerprint density at radius 2 is 1.76 bits per heavy atom. The van der Waals surface area contributed by atoms with Crippen LogP contribution in [0.1, 0.15) is 18.1 Å². The molecule has 0 aromatic heterocycles. The van der Waals surface area contributed by atoms with Gasteiger partial charge < -0.3 is 18.9 Å². The van der Waals surface area contributed by atoms with Crippen LogP contribution in [-0.4, -0.2) is 38.7 Å². The Hall–Kier alpha value is -2.80. The highest BCUT2D eigenvalue weighted by molar-refractivity contribution is 7.98. The van der Waals surface area contributed by atoms with Crippen molar-refractivity contribution in [3.05, 3.63) is 83.9 Å². The predicted octanol–water partition coefficient (Wildman–Crippen LogP) is 5.46. The highest BCUT2D eigenvalue weighted by atomic mass is 32.2. The molecule has 6 heteroatoms. The maximum atomic E-state index is 11.7. The Balaban J connectivity index is 1.37. The molecule has 1 fully saturated rings. The third kappa shape index (κ3) is 5.77. The van der Waals surface area contributed by atoms with Gasteiger partial charge in [0.25, 0.3) is 0 Å². The van der Waals surface area contributed by atoms with E-state index in [0.29, 0.717) is 26.4 Å². The maximum Gasteiger partial charge on any atom is 0.332 e. The van der Waals surface area contributed by atoms with Crippen LogP contribution in [-0.2, 0) is 31.2 Å². The normalized spacial score (nSPS) is 14.4. The number of rotatable bonds is 10. The summed E-state index contributed by atoms with van der Waals surface area (Å²) in [6.45, 7) is 3.33. The summed E-state index contributed by atoms with van der Waals surface area (Å²) >= 11 is 1.74. The Morgan fingerprint density at radius 1 is 1.00 bits per heavy atom. The minimum atomic E-state index is -0.606. The first-order chi connectivity index (χ1) is 16.1. The Morgan fingerprint density at radius 3 is 2.39 bits per heavy atom. The molecular weight excluding hydrogens is 436 g/mol. The molecule has 33 heavy (non-hydrogen) atoms. The van der Waals surface area contributed by atoms with E-state index in [1.54, 1.807) is 18.7 Å². The van der Waals surface area contributed by atoms with Crippen LogP contribution in [0.5, 0.6) is 5.75 Å². The van der Waals surface area contributed by atoms with E-state index in [4.69, 9.17) is 18.9 Å². The van der Waals surface area contributed by atoms with Crippen LogP contribution in [0.15, 0.2) is 77.7 Å². The van der Waals surface area contributed by atoms with Crippen molar-refractivity contribution >= 4 is 17.7 Å². The van der Waals surface area contributed by atoms with Gasteiger partial charge in [0.15, 0.2) is 0 Å². The topological polar surface area (TPSA) is 54.0 Å². The molecule has 1 heterocycles. The maximum absolute atomic E-state index is 11.7. The van der Waals surface area contributed by atoms with Gasteiger partial charge in [-0.05, 0) is 65.8 Å². The standard InChI is InChI=1S/C27H28O5S/c1-3-30-26(28)17-32-27(18-29-19-27)23-9-11-24(12-10-23)31-16-20-5-4-6-22(15-20)21-7-13-25(33-2)14-8-21/h4-15H,3,16-19H2,1-2H3. The molecule has 5 nitrogen and oxygen atoms in total. The zero-order chi connectivity index (χ0) is 23.1. The number of carbonyl (C=O) groups is 1. The van der Waals surface area contributed by atoms with Crippen molar-refractivity contribution in [2.45, 2.75) is 24.0 Å². The summed E-state index contributed by atoms with van der Waals surface area (Å²) in [5, 5.41) is 0. The van der Waals surface area contributed by atoms with Crippen molar-refractivity contribution in [2.75, 3.05) is 32.7 Å². The minimum absolute atomic E-state index is 0.0915.